The predicted molar refractivity (Wildman–Crippen MR) is 126 cm³/mol. The molecule has 5 rings (SSSR count). The third kappa shape index (κ3) is 4.52. The topological polar surface area (TPSA) is 80.0 Å². The molecule has 1 atom stereocenters. The second-order valence-electron chi connectivity index (χ2n) is 9.78. The van der Waals surface area contributed by atoms with Crippen LogP contribution in [0, 0.1) is 11.3 Å². The van der Waals surface area contributed by atoms with Crippen molar-refractivity contribution in [3.05, 3.63) is 30.1 Å². The van der Waals surface area contributed by atoms with Gasteiger partial charge >= 0.3 is 0 Å². The number of piperazine rings is 1. The number of hydrogen-bond donors (Lipinski definition) is 2. The van der Waals surface area contributed by atoms with Gasteiger partial charge in [0.2, 0.25) is 11.9 Å². The molecule has 4 heterocycles. The van der Waals surface area contributed by atoms with Gasteiger partial charge in [0.05, 0.1) is 17.4 Å². The first kappa shape index (κ1) is 21.4. The number of guanidine groups is 1. The van der Waals surface area contributed by atoms with Crippen LogP contribution in [0.15, 0.2) is 24.5 Å². The van der Waals surface area contributed by atoms with Crippen molar-refractivity contribution in [3.8, 4) is 0 Å². The molecule has 3 fully saturated rings. The average molecular weight is 438 g/mol. The molecule has 2 aromatic rings. The lowest BCUT2D eigenvalue weighted by molar-refractivity contribution is -0.119. The molecule has 0 unspecified atom stereocenters. The van der Waals surface area contributed by atoms with Crippen molar-refractivity contribution in [2.24, 2.45) is 5.92 Å². The first-order valence-electron chi connectivity index (χ1n) is 12.2. The Bertz CT molecular complexity index is 980. The van der Waals surface area contributed by atoms with E-state index in [9.17, 15) is 4.79 Å². The molecular formula is C24H35N7O. The Hall–Kier alpha value is -2.45. The summed E-state index contributed by atoms with van der Waals surface area (Å²) in [7, 11) is 0. The minimum Gasteiger partial charge on any atom is -0.309 e. The summed E-state index contributed by atoms with van der Waals surface area (Å²) in [5.41, 5.74) is 3.12. The van der Waals surface area contributed by atoms with Crippen LogP contribution < -0.4 is 10.2 Å². The molecule has 1 aliphatic carbocycles. The van der Waals surface area contributed by atoms with E-state index in [2.05, 4.69) is 39.3 Å². The number of nitrogens with zero attached hydrogens (tertiary/aromatic N) is 5. The predicted octanol–water partition coefficient (Wildman–Crippen LogP) is 2.68. The van der Waals surface area contributed by atoms with Gasteiger partial charge in [0, 0.05) is 57.9 Å². The van der Waals surface area contributed by atoms with E-state index in [0.717, 1.165) is 43.3 Å². The number of nitrogens with one attached hydrogen (secondary N) is 2. The van der Waals surface area contributed by atoms with Gasteiger partial charge in [0.25, 0.3) is 0 Å². The Morgan fingerprint density at radius 2 is 2.03 bits per heavy atom. The van der Waals surface area contributed by atoms with E-state index in [1.165, 1.54) is 44.2 Å². The molecule has 32 heavy (non-hydrogen) atoms. The van der Waals surface area contributed by atoms with Crippen LogP contribution in [0.5, 0.6) is 0 Å². The maximum absolute atomic E-state index is 11.6. The summed E-state index contributed by atoms with van der Waals surface area (Å²) in [6, 6.07) is 4.93. The maximum Gasteiger partial charge on any atom is 0.228 e. The highest BCUT2D eigenvalue weighted by atomic mass is 16.2. The van der Waals surface area contributed by atoms with Crippen molar-refractivity contribution in [1.29, 1.82) is 5.41 Å². The van der Waals surface area contributed by atoms with E-state index in [-0.39, 0.29) is 11.9 Å². The number of amides is 1. The Morgan fingerprint density at radius 3 is 2.81 bits per heavy atom. The van der Waals surface area contributed by atoms with Crippen LogP contribution in [0.3, 0.4) is 0 Å². The third-order valence-electron chi connectivity index (χ3n) is 7.42. The Labute approximate surface area is 190 Å². The lowest BCUT2D eigenvalue weighted by Gasteiger charge is -2.42. The van der Waals surface area contributed by atoms with Gasteiger partial charge in [-0.1, -0.05) is 19.3 Å². The van der Waals surface area contributed by atoms with Gasteiger partial charge in [0.1, 0.15) is 0 Å². The number of rotatable bonds is 5. The molecular weight excluding hydrogens is 402 g/mol. The molecule has 2 saturated heterocycles. The van der Waals surface area contributed by atoms with E-state index >= 15 is 0 Å². The number of anilines is 1. The smallest absolute Gasteiger partial charge is 0.228 e. The van der Waals surface area contributed by atoms with Crippen molar-refractivity contribution in [2.45, 2.75) is 58.0 Å². The lowest BCUT2D eigenvalue weighted by atomic mass is 9.88. The fourth-order valence-electron chi connectivity index (χ4n) is 5.59. The Balaban J connectivity index is 1.24. The maximum atomic E-state index is 11.6. The zero-order valence-electron chi connectivity index (χ0n) is 19.1. The van der Waals surface area contributed by atoms with E-state index < -0.39 is 0 Å². The second-order valence-corrected chi connectivity index (χ2v) is 9.78. The fraction of sp³-hybridized carbons (Fsp3) is 0.625. The monoisotopic (exact) mass is 437 g/mol. The van der Waals surface area contributed by atoms with E-state index in [1.807, 2.05) is 15.6 Å². The van der Waals surface area contributed by atoms with Crippen molar-refractivity contribution < 1.29 is 4.79 Å². The minimum atomic E-state index is -0.0971. The van der Waals surface area contributed by atoms with E-state index in [4.69, 9.17) is 5.41 Å². The SMILES string of the molecule is C[C@@H]1CN(Cc2ccn3ncc(N4CCC(=O)NC4=N)c3c2)CCN1CC1CCCCC1. The number of hydrogen-bond acceptors (Lipinski definition) is 5. The number of pyridine rings is 1. The summed E-state index contributed by atoms with van der Waals surface area (Å²) in [5, 5.41) is 15.2. The molecule has 2 N–H and O–H groups in total. The molecule has 8 heteroatoms. The van der Waals surface area contributed by atoms with Crippen LogP contribution in [-0.2, 0) is 11.3 Å². The van der Waals surface area contributed by atoms with Gasteiger partial charge in [-0.05, 0) is 43.4 Å². The van der Waals surface area contributed by atoms with Gasteiger partial charge in [-0.25, -0.2) is 4.52 Å². The molecule has 1 saturated carbocycles. The minimum absolute atomic E-state index is 0.0971. The van der Waals surface area contributed by atoms with Gasteiger partial charge in [-0.15, -0.1) is 0 Å². The van der Waals surface area contributed by atoms with Crippen LogP contribution in [-0.4, -0.2) is 70.0 Å². The molecule has 172 valence electrons. The molecule has 8 nitrogen and oxygen atoms in total. The summed E-state index contributed by atoms with van der Waals surface area (Å²) in [4.78, 5) is 18.7. The average Bonchev–Trinajstić information content (AvgIpc) is 3.19. The first-order chi connectivity index (χ1) is 15.6. The summed E-state index contributed by atoms with van der Waals surface area (Å²) in [6.45, 7) is 8.46. The normalized spacial score (nSPS) is 24.3. The molecule has 3 aliphatic rings. The van der Waals surface area contributed by atoms with Crippen LogP contribution in [0.25, 0.3) is 5.52 Å². The van der Waals surface area contributed by atoms with Crippen molar-refractivity contribution in [2.75, 3.05) is 37.6 Å². The van der Waals surface area contributed by atoms with Crippen LogP contribution in [0.2, 0.25) is 0 Å². The summed E-state index contributed by atoms with van der Waals surface area (Å²) in [5.74, 6) is 0.934. The molecule has 0 aromatic carbocycles. The van der Waals surface area contributed by atoms with Crippen LogP contribution in [0.1, 0.15) is 51.0 Å². The highest BCUT2D eigenvalue weighted by molar-refractivity contribution is 6.08. The van der Waals surface area contributed by atoms with Gasteiger partial charge in [-0.2, -0.15) is 5.10 Å². The standard InChI is InChI=1S/C24H35N7O/c1-18-15-28(11-12-29(18)17-19-5-3-2-4-6-19)16-20-7-10-31-21(13-20)22(14-26-31)30-9-8-23(32)27-24(30)25/h7,10,13-14,18-19H,2-6,8-9,11-12,15-17H2,1H3,(H2,25,27,32)/t18-/m1/s1. The summed E-state index contributed by atoms with van der Waals surface area (Å²) in [6.07, 6.45) is 11.3. The van der Waals surface area contributed by atoms with E-state index in [1.54, 1.807) is 6.20 Å². The number of carbonyl (C=O) groups excluding carboxylic acids is 1. The van der Waals surface area contributed by atoms with Gasteiger partial charge < -0.3 is 4.90 Å². The number of aromatic nitrogens is 2. The Kier molecular flexibility index (Phi) is 6.15. The van der Waals surface area contributed by atoms with Crippen molar-refractivity contribution in [3.63, 3.8) is 0 Å². The Morgan fingerprint density at radius 1 is 1.19 bits per heavy atom. The molecule has 2 aliphatic heterocycles. The molecule has 1 amide bonds. The highest BCUT2D eigenvalue weighted by Crippen LogP contribution is 2.27. The fourth-order valence-corrected chi connectivity index (χ4v) is 5.59. The van der Waals surface area contributed by atoms with Crippen LogP contribution >= 0.6 is 0 Å². The summed E-state index contributed by atoms with van der Waals surface area (Å²) < 4.78 is 1.85. The largest absolute Gasteiger partial charge is 0.309 e. The van der Waals surface area contributed by atoms with Crippen molar-refractivity contribution in [1.82, 2.24) is 24.7 Å². The van der Waals surface area contributed by atoms with Gasteiger partial charge in [-0.3, -0.25) is 25.3 Å². The first-order valence-corrected chi connectivity index (χ1v) is 12.2. The van der Waals surface area contributed by atoms with E-state index in [0.29, 0.717) is 19.0 Å². The molecule has 2 aromatic heterocycles. The zero-order valence-corrected chi connectivity index (χ0v) is 19.1. The highest BCUT2D eigenvalue weighted by Gasteiger charge is 2.27. The molecule has 0 radical (unpaired) electrons. The van der Waals surface area contributed by atoms with Gasteiger partial charge in [0.15, 0.2) is 0 Å². The molecule has 0 spiro atoms. The lowest BCUT2D eigenvalue weighted by Crippen LogP contribution is -2.52. The third-order valence-corrected chi connectivity index (χ3v) is 7.42. The molecule has 0 bridgehead atoms. The quantitative estimate of drug-likeness (QED) is 0.752. The summed E-state index contributed by atoms with van der Waals surface area (Å²) >= 11 is 0. The number of carbonyl (C=O) groups is 1. The van der Waals surface area contributed by atoms with Crippen molar-refractivity contribution >= 4 is 23.1 Å². The van der Waals surface area contributed by atoms with Crippen LogP contribution in [0.4, 0.5) is 5.69 Å². The zero-order chi connectivity index (χ0) is 22.1. The second kappa shape index (κ2) is 9.19. The number of fused-ring (bicyclic) bond motifs is 1.